The molecule has 0 bridgehead atoms. The van der Waals surface area contributed by atoms with E-state index in [-0.39, 0.29) is 22.0 Å². The largest absolute Gasteiger partial charge is 0.268 e. The van der Waals surface area contributed by atoms with Gasteiger partial charge in [0, 0.05) is 0 Å². The van der Waals surface area contributed by atoms with Crippen LogP contribution in [-0.2, 0) is 20.0 Å². The highest BCUT2D eigenvalue weighted by atomic mass is 32.2. The van der Waals surface area contributed by atoms with Gasteiger partial charge in [-0.3, -0.25) is 4.31 Å². The predicted octanol–water partition coefficient (Wildman–Crippen LogP) is 5.75. The van der Waals surface area contributed by atoms with Crippen molar-refractivity contribution in [2.45, 2.75) is 23.6 Å². The summed E-state index contributed by atoms with van der Waals surface area (Å²) in [5, 5.41) is 0. The number of aryl methyl sites for hydroxylation is 2. The molecule has 0 saturated heterocycles. The second-order valence-electron chi connectivity index (χ2n) is 8.94. The standard InChI is InChI=1S/C29H26N2O4S2/c1-22-12-16-26(17-13-22)36(32,33)30-21-25(20-24-8-4-3-5-9-24)31(29-11-7-6-10-28(29)30)37(34,35)27-18-14-23(2)15-19-27/h3-20H,21H2,1-2H3/b25-20+. The fourth-order valence-electron chi connectivity index (χ4n) is 4.30. The molecule has 0 saturated carbocycles. The van der Waals surface area contributed by atoms with Crippen molar-refractivity contribution in [3.05, 3.63) is 126 Å². The van der Waals surface area contributed by atoms with Crippen LogP contribution in [0.3, 0.4) is 0 Å². The second-order valence-corrected chi connectivity index (χ2v) is 12.6. The van der Waals surface area contributed by atoms with E-state index in [0.29, 0.717) is 11.4 Å². The van der Waals surface area contributed by atoms with Crippen molar-refractivity contribution in [3.63, 3.8) is 0 Å². The van der Waals surface area contributed by atoms with Crippen LogP contribution in [-0.4, -0.2) is 23.4 Å². The lowest BCUT2D eigenvalue weighted by atomic mass is 10.1. The van der Waals surface area contributed by atoms with Crippen LogP contribution in [0.2, 0.25) is 0 Å². The van der Waals surface area contributed by atoms with E-state index in [9.17, 15) is 16.8 Å². The fraction of sp³-hybridized carbons (Fsp3) is 0.103. The first-order valence-electron chi connectivity index (χ1n) is 11.7. The van der Waals surface area contributed by atoms with E-state index in [1.807, 2.05) is 44.2 Å². The summed E-state index contributed by atoms with van der Waals surface area (Å²) in [5.41, 5.74) is 3.53. The van der Waals surface area contributed by atoms with Gasteiger partial charge in [0.05, 0.1) is 33.4 Å². The molecule has 0 unspecified atom stereocenters. The highest BCUT2D eigenvalue weighted by molar-refractivity contribution is 7.93. The van der Waals surface area contributed by atoms with Gasteiger partial charge < -0.3 is 0 Å². The van der Waals surface area contributed by atoms with E-state index in [0.717, 1.165) is 16.7 Å². The van der Waals surface area contributed by atoms with Crippen molar-refractivity contribution in [2.75, 3.05) is 15.2 Å². The summed E-state index contributed by atoms with van der Waals surface area (Å²) in [6, 6.07) is 29.2. The summed E-state index contributed by atoms with van der Waals surface area (Å²) in [6.07, 6.45) is 1.72. The van der Waals surface area contributed by atoms with Gasteiger partial charge in [0.2, 0.25) is 0 Å². The highest BCUT2D eigenvalue weighted by Crippen LogP contribution is 2.43. The Morgan fingerprint density at radius 2 is 1.08 bits per heavy atom. The van der Waals surface area contributed by atoms with Crippen LogP contribution < -0.4 is 8.61 Å². The molecule has 4 aromatic carbocycles. The van der Waals surface area contributed by atoms with Crippen LogP contribution in [0.1, 0.15) is 16.7 Å². The van der Waals surface area contributed by atoms with E-state index in [1.54, 1.807) is 78.9 Å². The van der Waals surface area contributed by atoms with Crippen molar-refractivity contribution in [1.29, 1.82) is 0 Å². The quantitative estimate of drug-likeness (QED) is 0.329. The van der Waals surface area contributed by atoms with Gasteiger partial charge in [-0.25, -0.2) is 21.1 Å². The molecular weight excluding hydrogens is 504 g/mol. The number of benzene rings is 4. The van der Waals surface area contributed by atoms with E-state index in [4.69, 9.17) is 0 Å². The van der Waals surface area contributed by atoms with E-state index in [2.05, 4.69) is 0 Å². The molecule has 0 N–H and O–H groups in total. The van der Waals surface area contributed by atoms with Gasteiger partial charge in [0.25, 0.3) is 20.0 Å². The number of fused-ring (bicyclic) bond motifs is 1. The third-order valence-corrected chi connectivity index (χ3v) is 9.79. The average Bonchev–Trinajstić information content (AvgIpc) is 2.89. The molecule has 0 aromatic heterocycles. The lowest BCUT2D eigenvalue weighted by Gasteiger charge is -2.39. The first-order valence-corrected chi connectivity index (χ1v) is 14.6. The van der Waals surface area contributed by atoms with Gasteiger partial charge in [-0.2, -0.15) is 0 Å². The van der Waals surface area contributed by atoms with Gasteiger partial charge in [-0.05, 0) is 61.9 Å². The van der Waals surface area contributed by atoms with Crippen LogP contribution in [0, 0.1) is 13.8 Å². The lowest BCUT2D eigenvalue weighted by molar-refractivity contribution is 0.586. The van der Waals surface area contributed by atoms with E-state index < -0.39 is 20.0 Å². The fourth-order valence-corrected chi connectivity index (χ4v) is 7.27. The number of hydrogen-bond donors (Lipinski definition) is 0. The summed E-state index contributed by atoms with van der Waals surface area (Å²) in [7, 11) is -8.04. The van der Waals surface area contributed by atoms with Gasteiger partial charge in [0.1, 0.15) is 0 Å². The first kappa shape index (κ1) is 24.8. The van der Waals surface area contributed by atoms with Crippen LogP contribution in [0.4, 0.5) is 11.4 Å². The summed E-state index contributed by atoms with van der Waals surface area (Å²) < 4.78 is 58.3. The monoisotopic (exact) mass is 530 g/mol. The van der Waals surface area contributed by atoms with Gasteiger partial charge >= 0.3 is 0 Å². The highest BCUT2D eigenvalue weighted by Gasteiger charge is 2.39. The number of nitrogens with zero attached hydrogens (tertiary/aromatic N) is 2. The molecule has 1 heterocycles. The number of hydrogen-bond acceptors (Lipinski definition) is 4. The summed E-state index contributed by atoms with van der Waals surface area (Å²) in [6.45, 7) is 3.62. The molecule has 6 nitrogen and oxygen atoms in total. The minimum absolute atomic E-state index is 0.127. The Hall–Kier alpha value is -3.88. The molecule has 0 spiro atoms. The zero-order valence-corrected chi connectivity index (χ0v) is 22.1. The van der Waals surface area contributed by atoms with Gasteiger partial charge in [-0.15, -0.1) is 0 Å². The molecule has 1 aliphatic rings. The van der Waals surface area contributed by atoms with Crippen LogP contribution in [0.25, 0.3) is 6.08 Å². The maximum Gasteiger partial charge on any atom is 0.268 e. The smallest absolute Gasteiger partial charge is 0.258 e. The van der Waals surface area contributed by atoms with Gasteiger partial charge in [0.15, 0.2) is 0 Å². The molecular formula is C29H26N2O4S2. The Morgan fingerprint density at radius 1 is 0.595 bits per heavy atom. The molecule has 0 fully saturated rings. The minimum Gasteiger partial charge on any atom is -0.258 e. The normalized spacial score (nSPS) is 15.0. The van der Waals surface area contributed by atoms with Crippen LogP contribution >= 0.6 is 0 Å². The summed E-state index contributed by atoms with van der Waals surface area (Å²) in [5.74, 6) is 0. The first-order chi connectivity index (χ1) is 17.7. The zero-order chi connectivity index (χ0) is 26.2. The third kappa shape index (κ3) is 4.65. The molecule has 0 atom stereocenters. The molecule has 5 rings (SSSR count). The van der Waals surface area contributed by atoms with Crippen LogP contribution in [0.15, 0.2) is 119 Å². The third-order valence-electron chi connectivity index (χ3n) is 6.24. The van der Waals surface area contributed by atoms with Crippen molar-refractivity contribution < 1.29 is 16.8 Å². The Bertz CT molecular complexity index is 1680. The number of anilines is 2. The Balaban J connectivity index is 1.74. The average molecular weight is 531 g/mol. The van der Waals surface area contributed by atoms with Crippen molar-refractivity contribution in [2.24, 2.45) is 0 Å². The van der Waals surface area contributed by atoms with Crippen molar-refractivity contribution in [3.8, 4) is 0 Å². The molecule has 1 aliphatic heterocycles. The molecule has 4 aromatic rings. The molecule has 0 aliphatic carbocycles. The second kappa shape index (κ2) is 9.53. The summed E-state index contributed by atoms with van der Waals surface area (Å²) >= 11 is 0. The minimum atomic E-state index is -4.06. The predicted molar refractivity (Wildman–Crippen MR) is 147 cm³/mol. The maximum absolute atomic E-state index is 14.0. The molecule has 188 valence electrons. The Kier molecular flexibility index (Phi) is 6.39. The van der Waals surface area contributed by atoms with Crippen molar-refractivity contribution in [1.82, 2.24) is 0 Å². The lowest BCUT2D eigenvalue weighted by Crippen LogP contribution is -2.44. The molecule has 37 heavy (non-hydrogen) atoms. The Morgan fingerprint density at radius 3 is 1.65 bits per heavy atom. The summed E-state index contributed by atoms with van der Waals surface area (Å²) in [4.78, 5) is 0.267. The number of para-hydroxylation sites is 2. The zero-order valence-electron chi connectivity index (χ0n) is 20.4. The molecule has 8 heteroatoms. The molecule has 0 radical (unpaired) electrons. The van der Waals surface area contributed by atoms with Crippen molar-refractivity contribution >= 4 is 37.5 Å². The Labute approximate surface area is 218 Å². The number of rotatable bonds is 5. The molecule has 0 amide bonds. The van der Waals surface area contributed by atoms with E-state index in [1.165, 1.54) is 8.61 Å². The number of sulfonamides is 2. The van der Waals surface area contributed by atoms with Gasteiger partial charge in [-0.1, -0.05) is 77.9 Å². The topological polar surface area (TPSA) is 74.8 Å². The maximum atomic E-state index is 14.0. The van der Waals surface area contributed by atoms with Crippen LogP contribution in [0.5, 0.6) is 0 Å². The SMILES string of the molecule is Cc1ccc(S(=O)(=O)N2C/C(=C\c3ccccc3)N(S(=O)(=O)c3ccc(C)cc3)c3ccccc32)cc1. The van der Waals surface area contributed by atoms with E-state index >= 15 is 0 Å².